The standard InChI is InChI=1S/C18H25FN2O2S2/c1-3-21(4-2)17(18-10-7-12-24-18)14-20-25(22,23)13-11-15-8-5-6-9-16(15)19/h5-10,12,17,20H,3-4,11,13-14H2,1-2H3. The number of benzene rings is 1. The maximum Gasteiger partial charge on any atom is 0.211 e. The Labute approximate surface area is 153 Å². The fraction of sp³-hybridized carbons (Fsp3) is 0.444. The van der Waals surface area contributed by atoms with Gasteiger partial charge in [0.25, 0.3) is 0 Å². The number of rotatable bonds is 10. The van der Waals surface area contributed by atoms with Gasteiger partial charge >= 0.3 is 0 Å². The highest BCUT2D eigenvalue weighted by Gasteiger charge is 2.21. The molecule has 0 amide bonds. The summed E-state index contributed by atoms with van der Waals surface area (Å²) in [7, 11) is -3.47. The van der Waals surface area contributed by atoms with Gasteiger partial charge < -0.3 is 0 Å². The molecule has 1 aromatic carbocycles. The highest BCUT2D eigenvalue weighted by molar-refractivity contribution is 7.89. The van der Waals surface area contributed by atoms with Crippen molar-refractivity contribution in [2.24, 2.45) is 0 Å². The van der Waals surface area contributed by atoms with Gasteiger partial charge in [0.1, 0.15) is 5.82 Å². The van der Waals surface area contributed by atoms with E-state index in [2.05, 4.69) is 23.5 Å². The third-order valence-corrected chi connectivity index (χ3v) is 6.54. The lowest BCUT2D eigenvalue weighted by Gasteiger charge is -2.29. The molecule has 0 saturated carbocycles. The Bertz CT molecular complexity index is 744. The van der Waals surface area contributed by atoms with Gasteiger partial charge in [-0.3, -0.25) is 4.90 Å². The van der Waals surface area contributed by atoms with Crippen LogP contribution in [0.4, 0.5) is 4.39 Å². The SMILES string of the molecule is CCN(CC)C(CNS(=O)(=O)CCc1ccccc1F)c1cccs1. The van der Waals surface area contributed by atoms with Crippen LogP contribution in [0.15, 0.2) is 41.8 Å². The van der Waals surface area contributed by atoms with Crippen LogP contribution >= 0.6 is 11.3 Å². The molecule has 0 aliphatic heterocycles. The first kappa shape index (κ1) is 20.0. The number of nitrogens with zero attached hydrogens (tertiary/aromatic N) is 1. The van der Waals surface area contributed by atoms with Crippen molar-refractivity contribution in [2.45, 2.75) is 26.3 Å². The van der Waals surface area contributed by atoms with Crippen molar-refractivity contribution in [3.63, 3.8) is 0 Å². The van der Waals surface area contributed by atoms with Crippen molar-refractivity contribution >= 4 is 21.4 Å². The number of thiophene rings is 1. The fourth-order valence-electron chi connectivity index (χ4n) is 2.78. The van der Waals surface area contributed by atoms with E-state index in [0.717, 1.165) is 18.0 Å². The van der Waals surface area contributed by atoms with E-state index in [0.29, 0.717) is 12.1 Å². The third-order valence-electron chi connectivity index (χ3n) is 4.22. The number of sulfonamides is 1. The van der Waals surface area contributed by atoms with Crippen LogP contribution in [-0.2, 0) is 16.4 Å². The quantitative estimate of drug-likeness (QED) is 0.683. The van der Waals surface area contributed by atoms with Crippen molar-refractivity contribution in [2.75, 3.05) is 25.4 Å². The molecule has 1 atom stereocenters. The maximum absolute atomic E-state index is 13.6. The molecular formula is C18H25FN2O2S2. The lowest BCUT2D eigenvalue weighted by Crippen LogP contribution is -2.38. The molecule has 2 aromatic rings. The minimum Gasteiger partial charge on any atom is -0.295 e. The van der Waals surface area contributed by atoms with E-state index in [4.69, 9.17) is 0 Å². The molecule has 7 heteroatoms. The molecule has 1 N–H and O–H groups in total. The molecule has 0 radical (unpaired) electrons. The molecule has 0 aliphatic rings. The third kappa shape index (κ3) is 5.88. The first-order valence-corrected chi connectivity index (χ1v) is 11.0. The Kier molecular flexibility index (Phi) is 7.56. The molecule has 1 heterocycles. The van der Waals surface area contributed by atoms with E-state index in [9.17, 15) is 12.8 Å². The maximum atomic E-state index is 13.6. The number of likely N-dealkylation sites (N-methyl/N-ethyl adjacent to an activating group) is 1. The number of aryl methyl sites for hydroxylation is 1. The van der Waals surface area contributed by atoms with Gasteiger partial charge in [0, 0.05) is 11.4 Å². The topological polar surface area (TPSA) is 49.4 Å². The van der Waals surface area contributed by atoms with Crippen LogP contribution < -0.4 is 4.72 Å². The number of hydrogen-bond donors (Lipinski definition) is 1. The first-order valence-electron chi connectivity index (χ1n) is 8.45. The van der Waals surface area contributed by atoms with Crippen LogP contribution in [-0.4, -0.2) is 38.7 Å². The Hall–Kier alpha value is -1.28. The molecule has 1 aromatic heterocycles. The minimum atomic E-state index is -3.47. The number of hydrogen-bond acceptors (Lipinski definition) is 4. The van der Waals surface area contributed by atoms with E-state index < -0.39 is 10.0 Å². The monoisotopic (exact) mass is 384 g/mol. The summed E-state index contributed by atoms with van der Waals surface area (Å²) in [4.78, 5) is 3.37. The molecule has 0 bridgehead atoms. The van der Waals surface area contributed by atoms with Gasteiger partial charge in [-0.15, -0.1) is 11.3 Å². The van der Waals surface area contributed by atoms with Gasteiger partial charge in [0.15, 0.2) is 0 Å². The molecule has 25 heavy (non-hydrogen) atoms. The molecule has 1 unspecified atom stereocenters. The van der Waals surface area contributed by atoms with Gasteiger partial charge in [-0.25, -0.2) is 17.5 Å². The Morgan fingerprint density at radius 3 is 2.48 bits per heavy atom. The summed E-state index contributed by atoms with van der Waals surface area (Å²) in [6.07, 6.45) is 0.164. The first-order chi connectivity index (χ1) is 12.0. The van der Waals surface area contributed by atoms with Crippen molar-refractivity contribution < 1.29 is 12.8 Å². The minimum absolute atomic E-state index is 0.0123. The van der Waals surface area contributed by atoms with E-state index >= 15 is 0 Å². The van der Waals surface area contributed by atoms with Gasteiger partial charge in [-0.2, -0.15) is 0 Å². The highest BCUT2D eigenvalue weighted by atomic mass is 32.2. The fourth-order valence-corrected chi connectivity index (χ4v) is 4.68. The molecule has 0 saturated heterocycles. The zero-order valence-corrected chi connectivity index (χ0v) is 16.2. The van der Waals surface area contributed by atoms with E-state index in [-0.39, 0.29) is 24.0 Å². The second-order valence-electron chi connectivity index (χ2n) is 5.76. The predicted molar refractivity (Wildman–Crippen MR) is 102 cm³/mol. The average Bonchev–Trinajstić information content (AvgIpc) is 3.12. The zero-order chi connectivity index (χ0) is 18.3. The molecule has 4 nitrogen and oxygen atoms in total. The molecule has 138 valence electrons. The van der Waals surface area contributed by atoms with Crippen LogP contribution in [0.5, 0.6) is 0 Å². The van der Waals surface area contributed by atoms with E-state index in [1.165, 1.54) is 6.07 Å². The lowest BCUT2D eigenvalue weighted by molar-refractivity contribution is 0.223. The van der Waals surface area contributed by atoms with Crippen molar-refractivity contribution in [3.05, 3.63) is 58.0 Å². The summed E-state index contributed by atoms with van der Waals surface area (Å²) in [5.41, 5.74) is 0.423. The molecule has 0 aliphatic carbocycles. The molecule has 2 rings (SSSR count). The molecular weight excluding hydrogens is 359 g/mol. The molecule has 0 spiro atoms. The van der Waals surface area contributed by atoms with E-state index in [1.807, 2.05) is 17.5 Å². The summed E-state index contributed by atoms with van der Waals surface area (Å²) in [6.45, 7) is 6.14. The predicted octanol–water partition coefficient (Wildman–Crippen LogP) is 3.43. The van der Waals surface area contributed by atoms with Crippen molar-refractivity contribution in [3.8, 4) is 0 Å². The van der Waals surface area contributed by atoms with E-state index in [1.54, 1.807) is 29.5 Å². The summed E-state index contributed by atoms with van der Waals surface area (Å²) in [5.74, 6) is -0.485. The zero-order valence-electron chi connectivity index (χ0n) is 14.6. The largest absolute Gasteiger partial charge is 0.295 e. The van der Waals surface area contributed by atoms with Gasteiger partial charge in [-0.05, 0) is 42.6 Å². The summed E-state index contributed by atoms with van der Waals surface area (Å²) in [6, 6.07) is 10.3. The number of nitrogens with one attached hydrogen (secondary N) is 1. The van der Waals surface area contributed by atoms with Crippen LogP contribution in [0.25, 0.3) is 0 Å². The second-order valence-corrected chi connectivity index (χ2v) is 8.67. The van der Waals surface area contributed by atoms with Gasteiger partial charge in [0.05, 0.1) is 11.8 Å². The normalized spacial score (nSPS) is 13.3. The van der Waals surface area contributed by atoms with Crippen LogP contribution in [0.1, 0.15) is 30.3 Å². The Balaban J connectivity index is 1.99. The van der Waals surface area contributed by atoms with Crippen LogP contribution in [0.2, 0.25) is 0 Å². The van der Waals surface area contributed by atoms with Gasteiger partial charge in [-0.1, -0.05) is 38.1 Å². The average molecular weight is 385 g/mol. The van der Waals surface area contributed by atoms with Crippen LogP contribution in [0.3, 0.4) is 0 Å². The van der Waals surface area contributed by atoms with Gasteiger partial charge in [0.2, 0.25) is 10.0 Å². The molecule has 0 fully saturated rings. The summed E-state index contributed by atoms with van der Waals surface area (Å²) < 4.78 is 41.0. The lowest BCUT2D eigenvalue weighted by atomic mass is 10.2. The second kappa shape index (κ2) is 9.43. The van der Waals surface area contributed by atoms with Crippen molar-refractivity contribution in [1.82, 2.24) is 9.62 Å². The number of halogens is 1. The smallest absolute Gasteiger partial charge is 0.211 e. The highest BCUT2D eigenvalue weighted by Crippen LogP contribution is 2.24. The van der Waals surface area contributed by atoms with Crippen LogP contribution in [0, 0.1) is 5.82 Å². The Morgan fingerprint density at radius 2 is 1.88 bits per heavy atom. The summed E-state index contributed by atoms with van der Waals surface area (Å²) in [5, 5.41) is 2.00. The summed E-state index contributed by atoms with van der Waals surface area (Å²) >= 11 is 1.63. The Morgan fingerprint density at radius 1 is 1.16 bits per heavy atom. The van der Waals surface area contributed by atoms with Crippen molar-refractivity contribution in [1.29, 1.82) is 0 Å².